The molecule has 1 aliphatic heterocycles. The zero-order chi connectivity index (χ0) is 7.94. The van der Waals surface area contributed by atoms with Crippen molar-refractivity contribution in [2.75, 3.05) is 6.54 Å². The van der Waals surface area contributed by atoms with Crippen molar-refractivity contribution >= 4 is 0 Å². The van der Waals surface area contributed by atoms with Crippen molar-refractivity contribution in [3.8, 4) is 0 Å². The van der Waals surface area contributed by atoms with Gasteiger partial charge in [-0.2, -0.15) is 0 Å². The Morgan fingerprint density at radius 2 is 2.18 bits per heavy atom. The van der Waals surface area contributed by atoms with Crippen LogP contribution in [0.5, 0.6) is 0 Å². The van der Waals surface area contributed by atoms with Gasteiger partial charge in [0, 0.05) is 6.04 Å². The van der Waals surface area contributed by atoms with E-state index in [-0.39, 0.29) is 0 Å². The molecule has 0 spiro atoms. The summed E-state index contributed by atoms with van der Waals surface area (Å²) in [4.78, 5) is 0. The Bertz CT molecular complexity index is 84.9. The zero-order valence-electron chi connectivity index (χ0n) is 7.73. The maximum atomic E-state index is 3.53. The van der Waals surface area contributed by atoms with Crippen molar-refractivity contribution in [3.05, 3.63) is 0 Å². The fraction of sp³-hybridized carbons (Fsp3) is 1.00. The summed E-state index contributed by atoms with van der Waals surface area (Å²) < 4.78 is 0. The Labute approximate surface area is 70.6 Å². The molecule has 0 aliphatic carbocycles. The summed E-state index contributed by atoms with van der Waals surface area (Å²) in [5, 5.41) is 3.53. The van der Waals surface area contributed by atoms with Gasteiger partial charge >= 0.3 is 0 Å². The molecule has 0 aromatic heterocycles. The van der Waals surface area contributed by atoms with Gasteiger partial charge in [-0.05, 0) is 25.8 Å². The number of hydrogen-bond acceptors (Lipinski definition) is 1. The highest BCUT2D eigenvalue weighted by molar-refractivity contribution is 4.73. The molecule has 66 valence electrons. The molecule has 0 aromatic carbocycles. The van der Waals surface area contributed by atoms with Crippen LogP contribution in [0.3, 0.4) is 0 Å². The summed E-state index contributed by atoms with van der Waals surface area (Å²) in [7, 11) is 0. The molecule has 0 amide bonds. The highest BCUT2D eigenvalue weighted by Crippen LogP contribution is 2.13. The van der Waals surface area contributed by atoms with Crippen LogP contribution in [0.25, 0.3) is 0 Å². The minimum atomic E-state index is 0.867. The van der Waals surface area contributed by atoms with Crippen molar-refractivity contribution in [1.29, 1.82) is 0 Å². The fourth-order valence-electron chi connectivity index (χ4n) is 1.82. The molecule has 1 saturated heterocycles. The van der Waals surface area contributed by atoms with Crippen LogP contribution in [-0.4, -0.2) is 12.6 Å². The first-order valence-electron chi connectivity index (χ1n) is 5.17. The van der Waals surface area contributed by atoms with Crippen LogP contribution < -0.4 is 5.32 Å². The third kappa shape index (κ3) is 3.76. The van der Waals surface area contributed by atoms with Crippen LogP contribution in [0.1, 0.15) is 51.9 Å². The molecule has 1 aliphatic rings. The maximum Gasteiger partial charge on any atom is 0.00675 e. The molecular formula is C10H21N. The van der Waals surface area contributed by atoms with E-state index >= 15 is 0 Å². The molecule has 0 unspecified atom stereocenters. The van der Waals surface area contributed by atoms with Gasteiger partial charge in [-0.3, -0.25) is 0 Å². The average molecular weight is 155 g/mol. The van der Waals surface area contributed by atoms with Gasteiger partial charge in [-0.1, -0.05) is 32.6 Å². The van der Waals surface area contributed by atoms with E-state index in [1.807, 2.05) is 0 Å². The van der Waals surface area contributed by atoms with E-state index in [2.05, 4.69) is 12.2 Å². The van der Waals surface area contributed by atoms with Crippen molar-refractivity contribution in [3.63, 3.8) is 0 Å². The maximum absolute atomic E-state index is 3.53. The van der Waals surface area contributed by atoms with Crippen LogP contribution in [0.4, 0.5) is 0 Å². The lowest BCUT2D eigenvalue weighted by atomic mass is 10.1. The van der Waals surface area contributed by atoms with Crippen LogP contribution in [0.2, 0.25) is 0 Å². The molecule has 1 N–H and O–H groups in total. The van der Waals surface area contributed by atoms with Gasteiger partial charge in [0.15, 0.2) is 0 Å². The number of nitrogens with one attached hydrogen (secondary N) is 1. The van der Waals surface area contributed by atoms with E-state index in [4.69, 9.17) is 0 Å². The molecule has 1 heterocycles. The third-order valence-corrected chi connectivity index (χ3v) is 2.57. The Kier molecular flexibility index (Phi) is 4.60. The largest absolute Gasteiger partial charge is 0.314 e. The van der Waals surface area contributed by atoms with Gasteiger partial charge in [-0.15, -0.1) is 0 Å². The molecule has 1 nitrogen and oxygen atoms in total. The van der Waals surface area contributed by atoms with Crippen molar-refractivity contribution < 1.29 is 0 Å². The first-order chi connectivity index (χ1) is 5.43. The second-order valence-corrected chi connectivity index (χ2v) is 3.64. The molecule has 11 heavy (non-hydrogen) atoms. The topological polar surface area (TPSA) is 12.0 Å². The molecule has 0 radical (unpaired) electrons. The van der Waals surface area contributed by atoms with Gasteiger partial charge in [-0.25, -0.2) is 0 Å². The summed E-state index contributed by atoms with van der Waals surface area (Å²) in [6.45, 7) is 3.53. The zero-order valence-corrected chi connectivity index (χ0v) is 7.73. The highest BCUT2D eigenvalue weighted by atomic mass is 14.9. The average Bonchev–Trinajstić information content (AvgIpc) is 2.50. The highest BCUT2D eigenvalue weighted by Gasteiger charge is 2.12. The first-order valence-corrected chi connectivity index (χ1v) is 5.17. The van der Waals surface area contributed by atoms with Gasteiger partial charge in [0.1, 0.15) is 0 Å². The molecule has 0 aromatic rings. The van der Waals surface area contributed by atoms with E-state index in [9.17, 15) is 0 Å². The summed E-state index contributed by atoms with van der Waals surface area (Å²) >= 11 is 0. The van der Waals surface area contributed by atoms with Gasteiger partial charge < -0.3 is 5.32 Å². The van der Waals surface area contributed by atoms with Crippen molar-refractivity contribution in [1.82, 2.24) is 5.32 Å². The summed E-state index contributed by atoms with van der Waals surface area (Å²) in [5.74, 6) is 0. The second-order valence-electron chi connectivity index (χ2n) is 3.64. The molecule has 1 fully saturated rings. The Morgan fingerprint density at radius 1 is 1.27 bits per heavy atom. The summed E-state index contributed by atoms with van der Waals surface area (Å²) in [6, 6.07) is 0.867. The minimum absolute atomic E-state index is 0.867. The quantitative estimate of drug-likeness (QED) is 0.602. The van der Waals surface area contributed by atoms with E-state index in [0.29, 0.717) is 0 Å². The van der Waals surface area contributed by atoms with Crippen molar-refractivity contribution in [2.45, 2.75) is 57.9 Å². The molecule has 1 atom stereocenters. The monoisotopic (exact) mass is 155 g/mol. The lowest BCUT2D eigenvalue weighted by Crippen LogP contribution is -2.20. The lowest BCUT2D eigenvalue weighted by Gasteiger charge is -2.08. The Morgan fingerprint density at radius 3 is 2.82 bits per heavy atom. The minimum Gasteiger partial charge on any atom is -0.314 e. The van der Waals surface area contributed by atoms with Gasteiger partial charge in [0.2, 0.25) is 0 Å². The standard InChI is InChI=1S/C10H21N/c1-2-3-4-5-7-10-8-6-9-11-10/h10-11H,2-9H2,1H3/t10-/m1/s1. The van der Waals surface area contributed by atoms with Crippen LogP contribution in [0.15, 0.2) is 0 Å². The predicted molar refractivity (Wildman–Crippen MR) is 49.8 cm³/mol. The van der Waals surface area contributed by atoms with Crippen LogP contribution >= 0.6 is 0 Å². The Hall–Kier alpha value is -0.0400. The van der Waals surface area contributed by atoms with Crippen molar-refractivity contribution in [2.24, 2.45) is 0 Å². The second kappa shape index (κ2) is 5.59. The number of hydrogen-bond donors (Lipinski definition) is 1. The molecule has 0 bridgehead atoms. The fourth-order valence-corrected chi connectivity index (χ4v) is 1.82. The first kappa shape index (κ1) is 9.05. The molecule has 1 heteroatoms. The van der Waals surface area contributed by atoms with Gasteiger partial charge in [0.05, 0.1) is 0 Å². The number of rotatable bonds is 5. The smallest absolute Gasteiger partial charge is 0.00675 e. The van der Waals surface area contributed by atoms with E-state index in [1.165, 1.54) is 51.5 Å². The number of unbranched alkanes of at least 4 members (excludes halogenated alkanes) is 3. The summed E-state index contributed by atoms with van der Waals surface area (Å²) in [6.07, 6.45) is 9.90. The Balaban J connectivity index is 1.86. The van der Waals surface area contributed by atoms with Crippen LogP contribution in [0, 0.1) is 0 Å². The van der Waals surface area contributed by atoms with Gasteiger partial charge in [0.25, 0.3) is 0 Å². The van der Waals surface area contributed by atoms with E-state index in [1.54, 1.807) is 0 Å². The molecular weight excluding hydrogens is 134 g/mol. The normalized spacial score (nSPS) is 24.3. The molecule has 0 saturated carbocycles. The van der Waals surface area contributed by atoms with E-state index < -0.39 is 0 Å². The van der Waals surface area contributed by atoms with Crippen LogP contribution in [-0.2, 0) is 0 Å². The van der Waals surface area contributed by atoms with E-state index in [0.717, 1.165) is 6.04 Å². The third-order valence-electron chi connectivity index (χ3n) is 2.57. The molecule has 1 rings (SSSR count). The SMILES string of the molecule is CCCCCC[C@@H]1CCCN1. The predicted octanol–water partition coefficient (Wildman–Crippen LogP) is 2.71. The summed E-state index contributed by atoms with van der Waals surface area (Å²) in [5.41, 5.74) is 0. The lowest BCUT2D eigenvalue weighted by molar-refractivity contribution is 0.513.